The number of carboxylic acid groups (broad SMARTS) is 1. The molecule has 6 rings (SSSR count). The third-order valence-electron chi connectivity index (χ3n) is 11.1. The number of hydrogen-bond acceptors (Lipinski definition) is 12. The third kappa shape index (κ3) is 13.6. The van der Waals surface area contributed by atoms with Gasteiger partial charge in [0.25, 0.3) is 0 Å². The summed E-state index contributed by atoms with van der Waals surface area (Å²) < 4.78 is 28.5. The maximum absolute atomic E-state index is 13.2. The van der Waals surface area contributed by atoms with Crippen LogP contribution in [0.4, 0.5) is 9.59 Å². The van der Waals surface area contributed by atoms with Crippen LogP contribution in [0.2, 0.25) is 0 Å². The highest BCUT2D eigenvalue weighted by Crippen LogP contribution is 2.41. The summed E-state index contributed by atoms with van der Waals surface area (Å²) in [6.07, 6.45) is 9.76. The monoisotopic (exact) mass is 888 g/mol. The number of ether oxygens (including phenoxy) is 5. The molecule has 18 nitrogen and oxygen atoms in total. The molecule has 2 aromatic carbocycles. The average molecular weight is 889 g/mol. The summed E-state index contributed by atoms with van der Waals surface area (Å²) in [5.41, 5.74) is 8.73. The second kappa shape index (κ2) is 24.2. The first kappa shape index (κ1) is 46.7. The number of hydrogen-bond donors (Lipinski definition) is 5. The number of azide groups is 1. The summed E-state index contributed by atoms with van der Waals surface area (Å²) in [5.74, 6) is -0.130. The van der Waals surface area contributed by atoms with Crippen LogP contribution in [0.25, 0.3) is 10.4 Å². The molecule has 2 aromatic rings. The van der Waals surface area contributed by atoms with Gasteiger partial charge in [0, 0.05) is 66.3 Å². The number of carbonyl (C=O) groups is 4. The molecule has 4 aliphatic rings. The lowest BCUT2D eigenvalue weighted by molar-refractivity contribution is -0.147. The fourth-order valence-corrected chi connectivity index (χ4v) is 9.49. The largest absolute Gasteiger partial charge is 0.493 e. The van der Waals surface area contributed by atoms with E-state index in [-0.39, 0.29) is 75.2 Å². The van der Waals surface area contributed by atoms with Gasteiger partial charge in [-0.3, -0.25) is 4.79 Å². The number of fused-ring (bicyclic) bond motifs is 1. The van der Waals surface area contributed by atoms with Gasteiger partial charge >= 0.3 is 18.1 Å². The number of aliphatic carboxylic acids is 1. The Morgan fingerprint density at radius 2 is 1.70 bits per heavy atom. The third-order valence-corrected chi connectivity index (χ3v) is 12.6. The van der Waals surface area contributed by atoms with E-state index in [0.29, 0.717) is 55.8 Å². The number of thioether (sulfide) groups is 1. The predicted molar refractivity (Wildman–Crippen MR) is 236 cm³/mol. The zero-order chi connectivity index (χ0) is 44.3. The molecule has 1 aliphatic carbocycles. The minimum absolute atomic E-state index is 0.00165. The van der Waals surface area contributed by atoms with E-state index in [0.717, 1.165) is 30.6 Å². The van der Waals surface area contributed by atoms with Gasteiger partial charge in [0.2, 0.25) is 17.3 Å². The number of alkyl carbamates (subject to hydrolysis) is 1. The molecule has 0 aromatic heterocycles. The molecule has 2 fully saturated rings. The molecule has 3 aliphatic heterocycles. The number of benzene rings is 2. The Bertz CT molecular complexity index is 1980. The zero-order valence-electron chi connectivity index (χ0n) is 35.1. The Hall–Kier alpha value is -5.75. The van der Waals surface area contributed by atoms with E-state index in [2.05, 4.69) is 31.3 Å². The number of carboxylic acids is 1. The average Bonchev–Trinajstić information content (AvgIpc) is 3.98. The van der Waals surface area contributed by atoms with E-state index in [4.69, 9.17) is 34.2 Å². The van der Waals surface area contributed by atoms with Crippen molar-refractivity contribution in [3.05, 3.63) is 100 Å². The summed E-state index contributed by atoms with van der Waals surface area (Å²) in [6.45, 7) is 2.62. The SMILES string of the molecule is [N-]=[N+]=NCC1C=CC=CC1[C@@H]1OC(c2ccc(OCCCOC(=O)NCCOCCOCCNC(=O)CCCCC3SCC4NC(=O)NC43)cc2)=N[C@]1(Cc1ccccc1)C(=O)O. The van der Waals surface area contributed by atoms with Gasteiger partial charge in [0.05, 0.1) is 51.7 Å². The molecule has 5 N–H and O–H groups in total. The van der Waals surface area contributed by atoms with Crippen LogP contribution in [-0.4, -0.2) is 129 Å². The molecular formula is C44H56N8O10S. The lowest BCUT2D eigenvalue weighted by Gasteiger charge is -2.35. The van der Waals surface area contributed by atoms with Gasteiger partial charge in [-0.2, -0.15) is 11.8 Å². The molecule has 19 heteroatoms. The molecule has 2 saturated heterocycles. The molecule has 3 heterocycles. The minimum Gasteiger partial charge on any atom is -0.493 e. The fraction of sp³-hybridized carbons (Fsp3) is 0.523. The zero-order valence-corrected chi connectivity index (χ0v) is 35.9. The first-order valence-corrected chi connectivity index (χ1v) is 22.4. The Labute approximate surface area is 370 Å². The summed E-state index contributed by atoms with van der Waals surface area (Å²) in [6, 6.07) is 16.6. The van der Waals surface area contributed by atoms with Crippen molar-refractivity contribution in [2.75, 3.05) is 65.0 Å². The van der Waals surface area contributed by atoms with E-state index in [9.17, 15) is 24.3 Å². The van der Waals surface area contributed by atoms with Crippen LogP contribution in [0, 0.1) is 11.8 Å². The second-order valence-electron chi connectivity index (χ2n) is 15.5. The number of nitrogens with one attached hydrogen (secondary N) is 4. The van der Waals surface area contributed by atoms with Crippen LogP contribution in [-0.2, 0) is 35.0 Å². The number of carbonyl (C=O) groups excluding carboxylic acids is 3. The number of allylic oxidation sites excluding steroid dienone is 2. The quantitative estimate of drug-likeness (QED) is 0.0279. The summed E-state index contributed by atoms with van der Waals surface area (Å²) in [5, 5.41) is 26.4. The van der Waals surface area contributed by atoms with Crippen molar-refractivity contribution >= 4 is 41.7 Å². The molecule has 4 amide bonds. The minimum atomic E-state index is -1.64. The molecule has 7 atom stereocenters. The number of nitrogens with zero attached hydrogens (tertiary/aromatic N) is 4. The Kier molecular flexibility index (Phi) is 17.9. The van der Waals surface area contributed by atoms with Gasteiger partial charge in [-0.25, -0.2) is 19.4 Å². The van der Waals surface area contributed by atoms with Crippen molar-refractivity contribution in [1.29, 1.82) is 0 Å². The number of amides is 4. The van der Waals surface area contributed by atoms with Crippen LogP contribution in [0.5, 0.6) is 5.75 Å². The van der Waals surface area contributed by atoms with E-state index in [1.54, 1.807) is 24.3 Å². The number of unbranched alkanes of at least 4 members (excludes halogenated alkanes) is 1. The second-order valence-corrected chi connectivity index (χ2v) is 16.8. The van der Waals surface area contributed by atoms with Gasteiger partial charge < -0.3 is 50.1 Å². The first-order valence-electron chi connectivity index (χ1n) is 21.4. The van der Waals surface area contributed by atoms with Crippen molar-refractivity contribution in [2.45, 2.75) is 67.5 Å². The highest BCUT2D eigenvalue weighted by Gasteiger charge is 2.56. The lowest BCUT2D eigenvalue weighted by atomic mass is 9.74. The topological polar surface area (TPSA) is 244 Å². The molecule has 0 saturated carbocycles. The number of rotatable bonds is 26. The lowest BCUT2D eigenvalue weighted by Crippen LogP contribution is -2.52. The summed E-state index contributed by atoms with van der Waals surface area (Å²) >= 11 is 1.88. The van der Waals surface area contributed by atoms with E-state index >= 15 is 0 Å². The normalized spacial score (nSPS) is 24.3. The maximum Gasteiger partial charge on any atom is 0.407 e. The van der Waals surface area contributed by atoms with E-state index < -0.39 is 29.6 Å². The Balaban J connectivity index is 0.810. The first-order chi connectivity index (χ1) is 30.8. The van der Waals surface area contributed by atoms with Crippen molar-refractivity contribution in [2.24, 2.45) is 21.9 Å². The van der Waals surface area contributed by atoms with E-state index in [1.165, 1.54) is 0 Å². The van der Waals surface area contributed by atoms with E-state index in [1.807, 2.05) is 66.4 Å². The van der Waals surface area contributed by atoms with Crippen LogP contribution in [0.1, 0.15) is 43.2 Å². The van der Waals surface area contributed by atoms with Gasteiger partial charge in [0.15, 0.2) is 0 Å². The van der Waals surface area contributed by atoms with Crippen LogP contribution >= 0.6 is 11.8 Å². The van der Waals surface area contributed by atoms with Crippen LogP contribution < -0.4 is 26.0 Å². The molecule has 0 bridgehead atoms. The van der Waals surface area contributed by atoms with Gasteiger partial charge in [-0.1, -0.05) is 66.2 Å². The van der Waals surface area contributed by atoms with Crippen LogP contribution in [0.15, 0.2) is 89.0 Å². The number of aliphatic imine (C=N–C) groups is 1. The maximum atomic E-state index is 13.2. The van der Waals surface area contributed by atoms with Crippen molar-refractivity contribution in [1.82, 2.24) is 21.3 Å². The molecule has 338 valence electrons. The van der Waals surface area contributed by atoms with Crippen molar-refractivity contribution < 1.29 is 48.0 Å². The van der Waals surface area contributed by atoms with Crippen molar-refractivity contribution in [3.8, 4) is 5.75 Å². The molecule has 0 radical (unpaired) electrons. The smallest absolute Gasteiger partial charge is 0.407 e. The molecule has 5 unspecified atom stereocenters. The molecule has 0 spiro atoms. The fourth-order valence-electron chi connectivity index (χ4n) is 7.95. The molecule has 63 heavy (non-hydrogen) atoms. The molecular weight excluding hydrogens is 833 g/mol. The summed E-state index contributed by atoms with van der Waals surface area (Å²) in [4.78, 5) is 56.6. The van der Waals surface area contributed by atoms with Crippen LogP contribution in [0.3, 0.4) is 0 Å². The highest BCUT2D eigenvalue weighted by molar-refractivity contribution is 8.00. The van der Waals surface area contributed by atoms with Gasteiger partial charge in [0.1, 0.15) is 11.9 Å². The number of urea groups is 1. The predicted octanol–water partition coefficient (Wildman–Crippen LogP) is 4.94. The summed E-state index contributed by atoms with van der Waals surface area (Å²) in [7, 11) is 0. The standard InChI is InChI=1S/C44H56N8O10S/c45-52-48-28-32-11-4-5-12-34(32)39-44(41(54)55,27-30-9-2-1-3-10-30)51-40(62-39)31-15-17-33(18-16-31)60-21-8-22-61-43(57)47-20-24-59-26-25-58-23-19-46-37(53)14-7-6-13-36-38-35(29-63-36)49-42(56)50-38/h1-5,9-12,15-18,32,34-36,38-39H,6-8,13-14,19-29H2,(H,46,53)(H,47,57)(H,54,55)(H2,49,50,56)/t32?,34?,35?,36?,38?,39-,44-/m0/s1. The highest BCUT2D eigenvalue weighted by atomic mass is 32.2. The van der Waals surface area contributed by atoms with Gasteiger partial charge in [-0.05, 0) is 54.1 Å². The van der Waals surface area contributed by atoms with Gasteiger partial charge in [-0.15, -0.1) is 0 Å². The van der Waals surface area contributed by atoms with Crippen molar-refractivity contribution in [3.63, 3.8) is 0 Å². The Morgan fingerprint density at radius 1 is 0.937 bits per heavy atom. The Morgan fingerprint density at radius 3 is 2.46 bits per heavy atom.